The van der Waals surface area contributed by atoms with Gasteiger partial charge >= 0.3 is 0 Å². The third-order valence-corrected chi connectivity index (χ3v) is 3.52. The van der Waals surface area contributed by atoms with E-state index in [1.807, 2.05) is 18.9 Å². The Labute approximate surface area is 122 Å². The van der Waals surface area contributed by atoms with Gasteiger partial charge in [0.05, 0.1) is 18.4 Å². The van der Waals surface area contributed by atoms with Crippen LogP contribution in [0.5, 0.6) is 0 Å². The minimum atomic E-state index is -0.157. The number of hydrogen-bond donors (Lipinski definition) is 1. The van der Waals surface area contributed by atoms with Gasteiger partial charge in [-0.25, -0.2) is 4.68 Å². The molecule has 2 aromatic rings. The highest BCUT2D eigenvalue weighted by Gasteiger charge is 2.06. The summed E-state index contributed by atoms with van der Waals surface area (Å²) in [5.41, 5.74) is 7.70. The van der Waals surface area contributed by atoms with Gasteiger partial charge in [0.15, 0.2) is 0 Å². The zero-order chi connectivity index (χ0) is 14.7. The molecule has 0 aliphatic heterocycles. The maximum atomic E-state index is 12.0. The normalized spacial score (nSPS) is 10.6. The summed E-state index contributed by atoms with van der Waals surface area (Å²) in [7, 11) is 1.91. The fourth-order valence-corrected chi connectivity index (χ4v) is 2.04. The summed E-state index contributed by atoms with van der Waals surface area (Å²) in [6, 6.07) is 6.80. The number of nitrogens with zero attached hydrogens (tertiary/aromatic N) is 3. The van der Waals surface area contributed by atoms with Crippen LogP contribution >= 0.6 is 11.6 Å². The Hall–Kier alpha value is -2.01. The third kappa shape index (κ3) is 3.11. The molecule has 1 aromatic carbocycles. The highest BCUT2D eigenvalue weighted by molar-refractivity contribution is 6.31. The molecule has 0 aliphatic carbocycles. The molecular formula is C14H17ClN4O. The molecule has 0 spiro atoms. The van der Waals surface area contributed by atoms with Gasteiger partial charge < -0.3 is 10.6 Å². The molecule has 0 aliphatic rings. The van der Waals surface area contributed by atoms with Gasteiger partial charge in [0, 0.05) is 30.4 Å². The summed E-state index contributed by atoms with van der Waals surface area (Å²) < 4.78 is 1.38. The Bertz CT molecular complexity index is 668. The smallest absolute Gasteiger partial charge is 0.269 e. The van der Waals surface area contributed by atoms with Gasteiger partial charge in [-0.1, -0.05) is 17.7 Å². The zero-order valence-electron chi connectivity index (χ0n) is 11.5. The van der Waals surface area contributed by atoms with E-state index in [4.69, 9.17) is 17.3 Å². The van der Waals surface area contributed by atoms with Gasteiger partial charge in [-0.05, 0) is 24.6 Å². The fraction of sp³-hybridized carbons (Fsp3) is 0.286. The molecule has 0 atom stereocenters. The summed E-state index contributed by atoms with van der Waals surface area (Å²) in [6.07, 6.45) is 1.68. The number of nitrogen functional groups attached to an aromatic ring is 1. The van der Waals surface area contributed by atoms with E-state index in [1.54, 1.807) is 30.5 Å². The lowest BCUT2D eigenvalue weighted by molar-refractivity contribution is 0.637. The van der Waals surface area contributed by atoms with Crippen LogP contribution in [0.4, 0.5) is 11.4 Å². The Morgan fingerprint density at radius 2 is 2.15 bits per heavy atom. The SMILES string of the molecule is CCN(C)c1cnn(Cc2ccc(N)cc2Cl)c(=O)c1. The molecule has 0 unspecified atom stereocenters. The first kappa shape index (κ1) is 14.4. The highest BCUT2D eigenvalue weighted by Crippen LogP contribution is 2.19. The number of hydrogen-bond acceptors (Lipinski definition) is 4. The van der Waals surface area contributed by atoms with Crippen molar-refractivity contribution in [1.82, 2.24) is 9.78 Å². The Balaban J connectivity index is 2.28. The van der Waals surface area contributed by atoms with Crippen molar-refractivity contribution in [3.63, 3.8) is 0 Å². The van der Waals surface area contributed by atoms with Crippen molar-refractivity contribution in [3.8, 4) is 0 Å². The molecule has 0 saturated carbocycles. The number of anilines is 2. The first-order valence-corrected chi connectivity index (χ1v) is 6.71. The van der Waals surface area contributed by atoms with Gasteiger partial charge in [0.1, 0.15) is 0 Å². The molecule has 6 heteroatoms. The van der Waals surface area contributed by atoms with Crippen LogP contribution in [0.3, 0.4) is 0 Å². The average molecular weight is 293 g/mol. The highest BCUT2D eigenvalue weighted by atomic mass is 35.5. The van der Waals surface area contributed by atoms with Crippen LogP contribution in [-0.2, 0) is 6.54 Å². The van der Waals surface area contributed by atoms with Gasteiger partial charge in [0.25, 0.3) is 5.56 Å². The molecule has 5 nitrogen and oxygen atoms in total. The molecule has 0 saturated heterocycles. The monoisotopic (exact) mass is 292 g/mol. The Kier molecular flexibility index (Phi) is 4.29. The van der Waals surface area contributed by atoms with E-state index in [0.717, 1.165) is 17.8 Å². The van der Waals surface area contributed by atoms with E-state index in [9.17, 15) is 4.79 Å². The van der Waals surface area contributed by atoms with Crippen LogP contribution in [0.15, 0.2) is 35.3 Å². The zero-order valence-corrected chi connectivity index (χ0v) is 12.3. The minimum absolute atomic E-state index is 0.157. The summed E-state index contributed by atoms with van der Waals surface area (Å²) in [5.74, 6) is 0. The summed E-state index contributed by atoms with van der Waals surface area (Å²) in [6.45, 7) is 3.16. The topological polar surface area (TPSA) is 64.2 Å². The lowest BCUT2D eigenvalue weighted by atomic mass is 10.2. The molecule has 0 amide bonds. The standard InChI is InChI=1S/C14H17ClN4O/c1-3-18(2)12-7-14(20)19(17-8-12)9-10-4-5-11(16)6-13(10)15/h4-8H,3,9,16H2,1-2H3. The van der Waals surface area contributed by atoms with Crippen LogP contribution in [0.25, 0.3) is 0 Å². The first-order chi connectivity index (χ1) is 9.51. The molecule has 1 aromatic heterocycles. The largest absolute Gasteiger partial charge is 0.399 e. The molecule has 0 radical (unpaired) electrons. The number of nitrogens with two attached hydrogens (primary N) is 1. The van der Waals surface area contributed by atoms with Crippen LogP contribution in [0.2, 0.25) is 5.02 Å². The van der Waals surface area contributed by atoms with Crippen LogP contribution in [0.1, 0.15) is 12.5 Å². The number of rotatable bonds is 4. The predicted molar refractivity (Wildman–Crippen MR) is 82.4 cm³/mol. The van der Waals surface area contributed by atoms with Crippen LogP contribution < -0.4 is 16.2 Å². The lowest BCUT2D eigenvalue weighted by Crippen LogP contribution is -2.26. The molecule has 20 heavy (non-hydrogen) atoms. The lowest BCUT2D eigenvalue weighted by Gasteiger charge is -2.16. The third-order valence-electron chi connectivity index (χ3n) is 3.17. The van der Waals surface area contributed by atoms with Crippen molar-refractivity contribution < 1.29 is 0 Å². The van der Waals surface area contributed by atoms with Gasteiger partial charge in [-0.15, -0.1) is 0 Å². The maximum Gasteiger partial charge on any atom is 0.269 e. The van der Waals surface area contributed by atoms with E-state index in [1.165, 1.54) is 4.68 Å². The molecule has 106 valence electrons. The van der Waals surface area contributed by atoms with Crippen molar-refractivity contribution in [2.45, 2.75) is 13.5 Å². The van der Waals surface area contributed by atoms with E-state index >= 15 is 0 Å². The molecule has 2 rings (SSSR count). The van der Waals surface area contributed by atoms with Crippen molar-refractivity contribution >= 4 is 23.0 Å². The van der Waals surface area contributed by atoms with E-state index < -0.39 is 0 Å². The number of halogens is 1. The Morgan fingerprint density at radius 1 is 1.40 bits per heavy atom. The molecular weight excluding hydrogens is 276 g/mol. The Morgan fingerprint density at radius 3 is 2.75 bits per heavy atom. The summed E-state index contributed by atoms with van der Waals surface area (Å²) in [4.78, 5) is 14.0. The van der Waals surface area contributed by atoms with Gasteiger partial charge in [-0.2, -0.15) is 5.10 Å². The van der Waals surface area contributed by atoms with Crippen molar-refractivity contribution in [2.75, 3.05) is 24.2 Å². The second kappa shape index (κ2) is 5.96. The van der Waals surface area contributed by atoms with Crippen LogP contribution in [0, 0.1) is 0 Å². The van der Waals surface area contributed by atoms with E-state index in [0.29, 0.717) is 17.3 Å². The second-order valence-electron chi connectivity index (χ2n) is 4.57. The molecule has 2 N–H and O–H groups in total. The summed E-state index contributed by atoms with van der Waals surface area (Å²) in [5, 5.41) is 4.71. The average Bonchev–Trinajstić information content (AvgIpc) is 2.42. The van der Waals surface area contributed by atoms with Crippen molar-refractivity contribution in [2.24, 2.45) is 0 Å². The van der Waals surface area contributed by atoms with Crippen LogP contribution in [-0.4, -0.2) is 23.4 Å². The van der Waals surface area contributed by atoms with E-state index in [-0.39, 0.29) is 5.56 Å². The van der Waals surface area contributed by atoms with Crippen molar-refractivity contribution in [3.05, 3.63) is 51.4 Å². The van der Waals surface area contributed by atoms with Gasteiger partial charge in [0.2, 0.25) is 0 Å². The van der Waals surface area contributed by atoms with E-state index in [2.05, 4.69) is 5.10 Å². The number of benzene rings is 1. The van der Waals surface area contributed by atoms with Crippen molar-refractivity contribution in [1.29, 1.82) is 0 Å². The molecule has 1 heterocycles. The molecule has 0 bridgehead atoms. The molecule has 0 fully saturated rings. The minimum Gasteiger partial charge on any atom is -0.399 e. The second-order valence-corrected chi connectivity index (χ2v) is 4.98. The summed E-state index contributed by atoms with van der Waals surface area (Å²) >= 11 is 6.10. The maximum absolute atomic E-state index is 12.0. The fourth-order valence-electron chi connectivity index (χ4n) is 1.79. The number of aromatic nitrogens is 2. The van der Waals surface area contributed by atoms with Gasteiger partial charge in [-0.3, -0.25) is 4.79 Å². The predicted octanol–water partition coefficient (Wildman–Crippen LogP) is 1.98. The first-order valence-electron chi connectivity index (χ1n) is 6.33. The quantitative estimate of drug-likeness (QED) is 0.875.